The van der Waals surface area contributed by atoms with Gasteiger partial charge in [0.1, 0.15) is 11.5 Å². The van der Waals surface area contributed by atoms with Crippen LogP contribution in [0.2, 0.25) is 10.0 Å². The molecule has 0 saturated heterocycles. The molecule has 0 unspecified atom stereocenters. The molecule has 0 amide bonds. The Morgan fingerprint density at radius 3 is 1.51 bits per heavy atom. The number of benzene rings is 4. The van der Waals surface area contributed by atoms with Crippen molar-refractivity contribution in [3.8, 4) is 11.5 Å². The van der Waals surface area contributed by atoms with Gasteiger partial charge in [-0.05, 0) is 91.9 Å². The van der Waals surface area contributed by atoms with Crippen LogP contribution in [-0.4, -0.2) is 37.8 Å². The summed E-state index contributed by atoms with van der Waals surface area (Å²) in [6, 6.07) is 17.3. The Morgan fingerprint density at radius 2 is 1.10 bits per heavy atom. The first-order valence-corrected chi connectivity index (χ1v) is 21.6. The van der Waals surface area contributed by atoms with Crippen molar-refractivity contribution < 1.29 is 50.0 Å². The van der Waals surface area contributed by atoms with E-state index >= 15 is 0 Å². The summed E-state index contributed by atoms with van der Waals surface area (Å²) in [6.07, 6.45) is -1.38. The van der Waals surface area contributed by atoms with E-state index in [1.807, 2.05) is 67.2 Å². The second-order valence-corrected chi connectivity index (χ2v) is 16.1. The second-order valence-electron chi connectivity index (χ2n) is 15.3. The van der Waals surface area contributed by atoms with Crippen molar-refractivity contribution in [3.05, 3.63) is 128 Å². The van der Waals surface area contributed by atoms with Crippen LogP contribution in [0.15, 0.2) is 82.1 Å². The van der Waals surface area contributed by atoms with Crippen LogP contribution in [0.25, 0.3) is 48.6 Å². The molecule has 4 aromatic carbocycles. The fourth-order valence-electron chi connectivity index (χ4n) is 7.81. The number of nitrogens with zero attached hydrogens (tertiary/aromatic N) is 5. The molecular weight excluding hydrogens is 923 g/mol. The maximum absolute atomic E-state index is 13.2. The van der Waals surface area contributed by atoms with Crippen molar-refractivity contribution in [1.82, 2.24) is 19.4 Å². The molecule has 18 heteroatoms. The van der Waals surface area contributed by atoms with Crippen molar-refractivity contribution in [2.24, 2.45) is 0 Å². The Labute approximate surface area is 393 Å². The summed E-state index contributed by atoms with van der Waals surface area (Å²) in [7, 11) is 0. The lowest BCUT2D eigenvalue weighted by Crippen LogP contribution is -2.06. The van der Waals surface area contributed by atoms with Gasteiger partial charge in [-0.2, -0.15) is 26.3 Å². The van der Waals surface area contributed by atoms with Crippen molar-refractivity contribution in [2.45, 2.75) is 106 Å². The highest BCUT2D eigenvalue weighted by molar-refractivity contribution is 6.32. The summed E-state index contributed by atoms with van der Waals surface area (Å²) in [6.45, 7) is 13.1. The molecule has 0 aliphatic carbocycles. The number of aliphatic hydroxyl groups is 1. The first kappa shape index (κ1) is 52.1. The second kappa shape index (κ2) is 22.3. The minimum absolute atomic E-state index is 0. The minimum atomic E-state index is -4.57. The average Bonchev–Trinajstić information content (AvgIpc) is 4.08. The zero-order valence-corrected chi connectivity index (χ0v) is 36.8. The maximum Gasteiger partial charge on any atom is 0.437 e. The number of aromatic nitrogens is 4. The monoisotopic (exact) mass is 973 g/mol. The highest BCUT2D eigenvalue weighted by Crippen LogP contribution is 2.40. The van der Waals surface area contributed by atoms with Crippen molar-refractivity contribution in [3.63, 3.8) is 0 Å². The molecule has 358 valence electrons. The molecule has 4 aromatic heterocycles. The minimum Gasteiger partial charge on any atom is -0.493 e. The zero-order chi connectivity index (χ0) is 46.5. The molecule has 0 atom stereocenters. The molecule has 0 aliphatic rings. The van der Waals surface area contributed by atoms with Gasteiger partial charge < -0.3 is 37.6 Å². The Bertz CT molecular complexity index is 2980. The van der Waals surface area contributed by atoms with Crippen LogP contribution in [0.4, 0.5) is 26.3 Å². The molecule has 10 nitrogen and oxygen atoms in total. The van der Waals surface area contributed by atoms with Gasteiger partial charge in [0.05, 0.1) is 35.6 Å². The topological polar surface area (TPSA) is 105 Å². The smallest absolute Gasteiger partial charge is 0.437 e. The summed E-state index contributed by atoms with van der Waals surface area (Å²) in [5.74, 6) is 1.02. The van der Waals surface area contributed by atoms with Gasteiger partial charge in [-0.25, -0.2) is 6.57 Å². The SMILES string of the molecule is C.C.CCCc1c(OCCCn2ccc3cc(CO)c(Cl)cc32)ccc2c(C(F)(F)F)noc12.[C-]#[N+]Cc1cc2ccn(CCCOc3ccc4c(C(F)(F)F)noc4c3CCC)c2cc1Cl. The number of ether oxygens (including phenoxy) is 2. The Hall–Kier alpha value is -5.89. The number of aryl methyl sites for hydroxylation is 4. The summed E-state index contributed by atoms with van der Waals surface area (Å²) >= 11 is 12.5. The van der Waals surface area contributed by atoms with E-state index in [2.05, 4.69) is 19.7 Å². The van der Waals surface area contributed by atoms with Crippen molar-refractivity contribution in [1.29, 1.82) is 0 Å². The predicted octanol–water partition coefficient (Wildman–Crippen LogP) is 14.9. The van der Waals surface area contributed by atoms with Gasteiger partial charge >= 0.3 is 12.4 Å². The van der Waals surface area contributed by atoms with Crippen LogP contribution >= 0.6 is 23.2 Å². The molecule has 1 N–H and O–H groups in total. The first-order chi connectivity index (χ1) is 31.2. The Morgan fingerprint density at radius 1 is 0.672 bits per heavy atom. The fourth-order valence-corrected chi connectivity index (χ4v) is 8.24. The molecule has 0 radical (unpaired) electrons. The molecule has 8 aromatic rings. The number of aliphatic hydroxyl groups excluding tert-OH is 1. The average molecular weight is 975 g/mol. The van der Waals surface area contributed by atoms with E-state index in [0.717, 1.165) is 40.2 Å². The molecule has 8 rings (SSSR count). The Kier molecular flexibility index (Phi) is 17.3. The largest absolute Gasteiger partial charge is 0.493 e. The van der Waals surface area contributed by atoms with Gasteiger partial charge in [0.25, 0.3) is 0 Å². The number of hydrogen-bond donors (Lipinski definition) is 1. The molecule has 0 fully saturated rings. The van der Waals surface area contributed by atoms with E-state index in [1.165, 1.54) is 12.1 Å². The van der Waals surface area contributed by atoms with Crippen LogP contribution in [0.1, 0.15) is 88.0 Å². The van der Waals surface area contributed by atoms with E-state index in [1.54, 1.807) is 12.1 Å². The first-order valence-electron chi connectivity index (χ1n) is 20.9. The van der Waals surface area contributed by atoms with Crippen molar-refractivity contribution >= 4 is 66.9 Å². The third-order valence-corrected chi connectivity index (χ3v) is 11.5. The third kappa shape index (κ3) is 11.5. The third-order valence-electron chi connectivity index (χ3n) is 10.8. The van der Waals surface area contributed by atoms with E-state index in [9.17, 15) is 31.4 Å². The van der Waals surface area contributed by atoms with Gasteiger partial charge in [-0.3, -0.25) is 0 Å². The van der Waals surface area contributed by atoms with Gasteiger partial charge in [0.15, 0.2) is 22.6 Å². The lowest BCUT2D eigenvalue weighted by molar-refractivity contribution is -0.142. The van der Waals surface area contributed by atoms with Crippen LogP contribution in [0, 0.1) is 6.57 Å². The van der Waals surface area contributed by atoms with Crippen LogP contribution < -0.4 is 9.47 Å². The van der Waals surface area contributed by atoms with Gasteiger partial charge in [-0.15, -0.1) is 0 Å². The predicted molar refractivity (Wildman–Crippen MR) is 250 cm³/mol. The number of hydrogen-bond acceptors (Lipinski definition) is 7. The van der Waals surface area contributed by atoms with Crippen LogP contribution in [0.3, 0.4) is 0 Å². The van der Waals surface area contributed by atoms with Gasteiger partial charge in [0, 0.05) is 69.0 Å². The molecule has 0 spiro atoms. The number of fused-ring (bicyclic) bond motifs is 4. The molecule has 4 heterocycles. The maximum atomic E-state index is 13.2. The molecule has 0 aliphatic heterocycles. The van der Waals surface area contributed by atoms with E-state index in [-0.39, 0.29) is 49.9 Å². The lowest BCUT2D eigenvalue weighted by atomic mass is 10.0. The zero-order valence-electron chi connectivity index (χ0n) is 35.3. The standard InChI is InChI=1S/C24H21ClF3N3O2.C23H22ClF3N2O3.2CH4/c1-3-5-17-21(7-6-18-22(17)33-30-23(18)24(26,27)28)32-11-4-9-31-10-8-15-12-16(14-29-2)19(25)13-20(15)31;1-2-4-16-20(6-5-17-21(16)32-28-22(17)23(25,26)27)31-10-3-8-29-9-7-14-11-15(13-30)18(24)12-19(14)29;;/h6-8,10,12-13H,3-5,9,11,14H2,1H3;5-7,9,11-12,30H,2-4,8,10,13H2,1H3;2*1H4. The van der Waals surface area contributed by atoms with E-state index < -0.39 is 23.7 Å². The molecule has 0 saturated carbocycles. The highest BCUT2D eigenvalue weighted by Gasteiger charge is 2.39. The lowest BCUT2D eigenvalue weighted by Gasteiger charge is -2.12. The van der Waals surface area contributed by atoms with Crippen LogP contribution in [0.5, 0.6) is 11.5 Å². The number of alkyl halides is 6. The van der Waals surface area contributed by atoms with E-state index in [4.69, 9.17) is 48.3 Å². The normalized spacial score (nSPS) is 11.7. The summed E-state index contributed by atoms with van der Waals surface area (Å²) in [5.41, 5.74) is 2.85. The summed E-state index contributed by atoms with van der Waals surface area (Å²) < 4.78 is 105. The quantitative estimate of drug-likeness (QED) is 0.0584. The molecule has 0 bridgehead atoms. The highest BCUT2D eigenvalue weighted by atomic mass is 35.5. The number of rotatable bonds is 16. The van der Waals surface area contributed by atoms with E-state index in [0.29, 0.717) is 90.2 Å². The molecule has 67 heavy (non-hydrogen) atoms. The Balaban J connectivity index is 0.000000244. The van der Waals surface area contributed by atoms with Crippen molar-refractivity contribution in [2.75, 3.05) is 13.2 Å². The summed E-state index contributed by atoms with van der Waals surface area (Å²) in [5, 5.41) is 18.8. The van der Waals surface area contributed by atoms with Crippen LogP contribution in [-0.2, 0) is 51.4 Å². The van der Waals surface area contributed by atoms with Gasteiger partial charge in [0.2, 0.25) is 6.54 Å². The van der Waals surface area contributed by atoms with Gasteiger partial charge in [-0.1, -0.05) is 75.1 Å². The fraction of sp³-hybridized carbons (Fsp3) is 0.367. The summed E-state index contributed by atoms with van der Waals surface area (Å²) in [4.78, 5) is 3.40. The molecular formula is C49H51Cl2F6N5O5. The number of halogens is 8.